The topological polar surface area (TPSA) is 110 Å². The Kier molecular flexibility index (Phi) is 6.87. The molecule has 150 valence electrons. The molecule has 0 aliphatic rings. The lowest BCUT2D eigenvalue weighted by atomic mass is 10.1. The van der Waals surface area contributed by atoms with E-state index < -0.39 is 14.9 Å². The minimum absolute atomic E-state index is 0.187. The lowest BCUT2D eigenvalue weighted by molar-refractivity contribution is -0.384. The lowest BCUT2D eigenvalue weighted by Gasteiger charge is -2.18. The molecule has 0 unspecified atom stereocenters. The molecule has 0 aliphatic heterocycles. The van der Waals surface area contributed by atoms with Gasteiger partial charge in [0.2, 0.25) is 10.0 Å². The Morgan fingerprint density at radius 2 is 1.71 bits per heavy atom. The van der Waals surface area contributed by atoms with Crippen LogP contribution < -0.4 is 5.32 Å². The summed E-state index contributed by atoms with van der Waals surface area (Å²) in [5.41, 5.74) is 1.13. The minimum Gasteiger partial charge on any atom is -0.375 e. The Hall–Kier alpha value is -2.78. The van der Waals surface area contributed by atoms with Gasteiger partial charge < -0.3 is 5.32 Å². The number of nitrogens with zero attached hydrogens (tertiary/aromatic N) is 2. The quantitative estimate of drug-likeness (QED) is 0.389. The number of benzene rings is 2. The van der Waals surface area contributed by atoms with Gasteiger partial charge in [-0.1, -0.05) is 26.0 Å². The number of sulfonamides is 1. The highest BCUT2D eigenvalue weighted by Gasteiger charge is 2.21. The zero-order chi connectivity index (χ0) is 20.9. The molecule has 0 saturated carbocycles. The van der Waals surface area contributed by atoms with Gasteiger partial charge in [-0.3, -0.25) is 14.9 Å². The average Bonchev–Trinajstić information content (AvgIpc) is 2.67. The number of nitro groups is 1. The third kappa shape index (κ3) is 4.73. The summed E-state index contributed by atoms with van der Waals surface area (Å²) in [7, 11) is -3.52. The summed E-state index contributed by atoms with van der Waals surface area (Å²) in [5.74, 6) is -0.250. The van der Waals surface area contributed by atoms with Crippen molar-refractivity contribution >= 4 is 27.2 Å². The largest absolute Gasteiger partial charge is 0.375 e. The van der Waals surface area contributed by atoms with Crippen LogP contribution in [0.4, 0.5) is 11.4 Å². The molecule has 0 fully saturated rings. The van der Waals surface area contributed by atoms with E-state index in [0.29, 0.717) is 13.1 Å². The van der Waals surface area contributed by atoms with Gasteiger partial charge in [-0.25, -0.2) is 8.42 Å². The summed E-state index contributed by atoms with van der Waals surface area (Å²) >= 11 is 0. The van der Waals surface area contributed by atoms with Crippen molar-refractivity contribution in [3.8, 4) is 0 Å². The van der Waals surface area contributed by atoms with E-state index in [0.717, 1.165) is 5.56 Å². The maximum absolute atomic E-state index is 12.5. The Labute approximate surface area is 164 Å². The Morgan fingerprint density at radius 1 is 1.11 bits per heavy atom. The first-order valence-corrected chi connectivity index (χ1v) is 10.3. The predicted molar refractivity (Wildman–Crippen MR) is 107 cm³/mol. The molecule has 2 rings (SSSR count). The predicted octanol–water partition coefficient (Wildman–Crippen LogP) is 3.44. The molecule has 0 spiro atoms. The first-order chi connectivity index (χ1) is 13.2. The number of Topliss-reactive ketones (excluding diaryl/α,β-unsaturated/α-hetero) is 1. The number of hydrogen-bond acceptors (Lipinski definition) is 6. The number of nitrogens with one attached hydrogen (secondary N) is 1. The number of carbonyl (C=O) groups is 1. The van der Waals surface area contributed by atoms with Gasteiger partial charge in [-0.15, -0.1) is 0 Å². The molecule has 1 N–H and O–H groups in total. The smallest absolute Gasteiger partial charge is 0.293 e. The second kappa shape index (κ2) is 8.94. The first kappa shape index (κ1) is 21.5. The highest BCUT2D eigenvalue weighted by molar-refractivity contribution is 7.89. The summed E-state index contributed by atoms with van der Waals surface area (Å²) in [6.45, 7) is 5.96. The van der Waals surface area contributed by atoms with Gasteiger partial charge in [0.1, 0.15) is 5.69 Å². The van der Waals surface area contributed by atoms with E-state index in [-0.39, 0.29) is 34.2 Å². The molecule has 0 saturated heterocycles. The van der Waals surface area contributed by atoms with Gasteiger partial charge in [0.25, 0.3) is 5.69 Å². The first-order valence-electron chi connectivity index (χ1n) is 8.83. The average molecular weight is 405 g/mol. The Balaban J connectivity index is 2.18. The molecule has 0 heterocycles. The maximum atomic E-state index is 12.5. The van der Waals surface area contributed by atoms with Crippen LogP contribution in [0.15, 0.2) is 47.4 Å². The van der Waals surface area contributed by atoms with Crippen LogP contribution in [0, 0.1) is 10.1 Å². The van der Waals surface area contributed by atoms with E-state index in [2.05, 4.69) is 5.32 Å². The van der Waals surface area contributed by atoms with Crippen molar-refractivity contribution in [2.75, 3.05) is 18.4 Å². The second-order valence-corrected chi connectivity index (χ2v) is 8.07. The van der Waals surface area contributed by atoms with Crippen LogP contribution in [0.25, 0.3) is 0 Å². The number of anilines is 1. The number of carbonyl (C=O) groups excluding carboxylic acids is 1. The molecule has 8 nitrogen and oxygen atoms in total. The lowest BCUT2D eigenvalue weighted by Crippen LogP contribution is -2.30. The molecular formula is C19H23N3O5S. The molecule has 9 heteroatoms. The van der Waals surface area contributed by atoms with E-state index in [1.54, 1.807) is 26.0 Å². The van der Waals surface area contributed by atoms with Crippen molar-refractivity contribution in [3.63, 3.8) is 0 Å². The zero-order valence-electron chi connectivity index (χ0n) is 16.0. The van der Waals surface area contributed by atoms with Crippen LogP contribution in [0.2, 0.25) is 0 Å². The molecule has 0 radical (unpaired) electrons. The molecular weight excluding hydrogens is 382 g/mol. The Bertz CT molecular complexity index is 968. The van der Waals surface area contributed by atoms with Crippen LogP contribution in [0.5, 0.6) is 0 Å². The molecule has 2 aromatic rings. The van der Waals surface area contributed by atoms with Crippen LogP contribution in [-0.2, 0) is 16.6 Å². The van der Waals surface area contributed by atoms with Crippen molar-refractivity contribution in [2.45, 2.75) is 32.2 Å². The summed E-state index contributed by atoms with van der Waals surface area (Å²) in [5, 5.41) is 14.2. The van der Waals surface area contributed by atoms with Gasteiger partial charge in [-0.05, 0) is 36.8 Å². The highest BCUT2D eigenvalue weighted by Crippen LogP contribution is 2.26. The van der Waals surface area contributed by atoms with Crippen molar-refractivity contribution < 1.29 is 18.1 Å². The van der Waals surface area contributed by atoms with E-state index in [1.807, 2.05) is 0 Å². The van der Waals surface area contributed by atoms with Gasteiger partial charge in [0, 0.05) is 31.3 Å². The van der Waals surface area contributed by atoms with Crippen molar-refractivity contribution in [3.05, 3.63) is 63.7 Å². The van der Waals surface area contributed by atoms with Crippen molar-refractivity contribution in [2.24, 2.45) is 0 Å². The van der Waals surface area contributed by atoms with Crippen LogP contribution in [0.1, 0.15) is 36.7 Å². The zero-order valence-corrected chi connectivity index (χ0v) is 16.8. The number of nitro benzene ring substituents is 1. The number of ketones is 1. The fourth-order valence-corrected chi connectivity index (χ4v) is 4.20. The fraction of sp³-hybridized carbons (Fsp3) is 0.316. The summed E-state index contributed by atoms with van der Waals surface area (Å²) in [4.78, 5) is 22.3. The highest BCUT2D eigenvalue weighted by atomic mass is 32.2. The van der Waals surface area contributed by atoms with Crippen LogP contribution in [0.3, 0.4) is 0 Å². The summed E-state index contributed by atoms with van der Waals surface area (Å²) in [6.07, 6.45) is 0. The van der Waals surface area contributed by atoms with Gasteiger partial charge in [-0.2, -0.15) is 4.31 Å². The van der Waals surface area contributed by atoms with E-state index in [9.17, 15) is 23.3 Å². The monoisotopic (exact) mass is 405 g/mol. The molecule has 28 heavy (non-hydrogen) atoms. The fourth-order valence-electron chi connectivity index (χ4n) is 2.74. The van der Waals surface area contributed by atoms with E-state index >= 15 is 0 Å². The molecule has 0 atom stereocenters. The van der Waals surface area contributed by atoms with Crippen molar-refractivity contribution in [1.82, 2.24) is 4.31 Å². The standard InChI is InChI=1S/C19H23N3O5S/c1-4-21(5-2)28(26,27)17-9-6-15(7-10-17)13-20-18-11-8-16(14(3)23)12-19(18)22(24)25/h6-12,20H,4-5,13H2,1-3H3. The molecule has 0 aromatic heterocycles. The summed E-state index contributed by atoms with van der Waals surface area (Å²) < 4.78 is 26.4. The van der Waals surface area contributed by atoms with E-state index in [1.165, 1.54) is 41.6 Å². The SMILES string of the molecule is CCN(CC)S(=O)(=O)c1ccc(CNc2ccc(C(C)=O)cc2[N+](=O)[O-])cc1. The van der Waals surface area contributed by atoms with Gasteiger partial charge >= 0.3 is 0 Å². The maximum Gasteiger partial charge on any atom is 0.293 e. The molecule has 0 amide bonds. The third-order valence-electron chi connectivity index (χ3n) is 4.35. The van der Waals surface area contributed by atoms with Gasteiger partial charge in [0.15, 0.2) is 5.78 Å². The number of hydrogen-bond donors (Lipinski definition) is 1. The second-order valence-electron chi connectivity index (χ2n) is 6.13. The Morgan fingerprint density at radius 3 is 2.21 bits per heavy atom. The van der Waals surface area contributed by atoms with Crippen LogP contribution in [-0.4, -0.2) is 36.5 Å². The normalized spacial score (nSPS) is 11.4. The minimum atomic E-state index is -3.52. The third-order valence-corrected chi connectivity index (χ3v) is 6.41. The number of rotatable bonds is 9. The van der Waals surface area contributed by atoms with Gasteiger partial charge in [0.05, 0.1) is 9.82 Å². The van der Waals surface area contributed by atoms with Crippen molar-refractivity contribution in [1.29, 1.82) is 0 Å². The molecule has 0 bridgehead atoms. The molecule has 2 aromatic carbocycles. The van der Waals surface area contributed by atoms with E-state index in [4.69, 9.17) is 0 Å². The summed E-state index contributed by atoms with van der Waals surface area (Å²) in [6, 6.07) is 10.6. The van der Waals surface area contributed by atoms with Crippen LogP contribution >= 0.6 is 0 Å². The molecule has 0 aliphatic carbocycles.